The molecule has 0 aliphatic carbocycles. The van der Waals surface area contributed by atoms with Gasteiger partial charge in [-0.05, 0) is 39.5 Å². The Balaban J connectivity index is 2.15. The Bertz CT molecular complexity index is 369. The van der Waals surface area contributed by atoms with Crippen LogP contribution in [-0.4, -0.2) is 4.98 Å². The molecule has 0 unspecified atom stereocenters. The van der Waals surface area contributed by atoms with E-state index in [1.807, 2.05) is 24.4 Å². The first kappa shape index (κ1) is 9.24. The van der Waals surface area contributed by atoms with E-state index in [1.165, 1.54) is 4.21 Å². The molecule has 2 aromatic heterocycles. The molecule has 0 amide bonds. The fourth-order valence-electron chi connectivity index (χ4n) is 0.847. The van der Waals surface area contributed by atoms with Crippen molar-refractivity contribution in [1.29, 1.82) is 0 Å². The number of halogens is 1. The quantitative estimate of drug-likeness (QED) is 0.817. The maximum Gasteiger partial charge on any atom is 0.102 e. The molecular weight excluding hydrogens is 266 g/mol. The van der Waals surface area contributed by atoms with Gasteiger partial charge in [0, 0.05) is 10.7 Å². The highest BCUT2D eigenvalue weighted by Crippen LogP contribution is 2.29. The number of hydrogen-bond acceptors (Lipinski definition) is 3. The first-order chi connectivity index (χ1) is 6.34. The van der Waals surface area contributed by atoms with Crippen molar-refractivity contribution in [3.05, 3.63) is 40.3 Å². The smallest absolute Gasteiger partial charge is 0.102 e. The molecule has 66 valence electrons. The summed E-state index contributed by atoms with van der Waals surface area (Å²) >= 11 is 6.78. The van der Waals surface area contributed by atoms with Gasteiger partial charge in [-0.15, -0.1) is 11.3 Å². The van der Waals surface area contributed by atoms with E-state index < -0.39 is 0 Å². The van der Waals surface area contributed by atoms with Crippen LogP contribution in [0.5, 0.6) is 0 Å². The molecule has 0 N–H and O–H groups in total. The summed E-state index contributed by atoms with van der Waals surface area (Å²) in [6.07, 6.45) is 1.82. The van der Waals surface area contributed by atoms with Gasteiger partial charge in [-0.1, -0.05) is 17.8 Å². The van der Waals surface area contributed by atoms with Gasteiger partial charge < -0.3 is 0 Å². The average molecular weight is 272 g/mol. The zero-order valence-electron chi connectivity index (χ0n) is 6.61. The minimum Gasteiger partial charge on any atom is -0.248 e. The molecule has 0 fully saturated rings. The molecule has 1 nitrogen and oxygen atoms in total. The third kappa shape index (κ3) is 2.56. The molecule has 0 aliphatic heterocycles. The topological polar surface area (TPSA) is 12.9 Å². The molecule has 13 heavy (non-hydrogen) atoms. The van der Waals surface area contributed by atoms with E-state index in [2.05, 4.69) is 32.4 Å². The van der Waals surface area contributed by atoms with Gasteiger partial charge in [0.15, 0.2) is 0 Å². The summed E-state index contributed by atoms with van der Waals surface area (Å²) in [5, 5.41) is 3.10. The highest BCUT2D eigenvalue weighted by Gasteiger charge is 1.98. The van der Waals surface area contributed by atoms with Crippen LogP contribution in [-0.2, 0) is 0 Å². The molecular formula is C9H6BrNS2. The van der Waals surface area contributed by atoms with E-state index >= 15 is 0 Å². The molecule has 0 saturated carbocycles. The zero-order valence-corrected chi connectivity index (χ0v) is 9.82. The minimum atomic E-state index is 1.02. The van der Waals surface area contributed by atoms with Crippen molar-refractivity contribution in [2.45, 2.75) is 9.24 Å². The van der Waals surface area contributed by atoms with Crippen molar-refractivity contribution in [3.63, 3.8) is 0 Å². The molecule has 0 spiro atoms. The fraction of sp³-hybridized carbons (Fsp3) is 0. The number of nitrogens with zero attached hydrogens (tertiary/aromatic N) is 1. The second-order valence-corrected chi connectivity index (χ2v) is 5.53. The lowest BCUT2D eigenvalue weighted by atomic mass is 10.5. The molecule has 0 radical (unpaired) electrons. The summed E-state index contributed by atoms with van der Waals surface area (Å²) < 4.78 is 2.29. The molecule has 4 heteroatoms. The number of rotatable bonds is 2. The largest absolute Gasteiger partial charge is 0.248 e. The van der Waals surface area contributed by atoms with Crippen LogP contribution in [0.25, 0.3) is 0 Å². The first-order valence-corrected chi connectivity index (χ1v) is 6.16. The second-order valence-electron chi connectivity index (χ2n) is 2.35. The van der Waals surface area contributed by atoms with Crippen molar-refractivity contribution in [2.75, 3.05) is 0 Å². The Morgan fingerprint density at radius 3 is 2.85 bits per heavy atom. The number of pyridine rings is 1. The van der Waals surface area contributed by atoms with Gasteiger partial charge in [0.1, 0.15) is 5.03 Å². The predicted octanol–water partition coefficient (Wildman–Crippen LogP) is 4.06. The predicted molar refractivity (Wildman–Crippen MR) is 60.4 cm³/mol. The molecule has 0 saturated heterocycles. The standard InChI is InChI=1S/C9H6BrNS2/c10-7-3-4-8(11-6-7)13-9-2-1-5-12-9/h1-6H. The third-order valence-corrected chi connectivity index (χ3v) is 3.86. The Kier molecular flexibility index (Phi) is 3.03. The van der Waals surface area contributed by atoms with Crippen molar-refractivity contribution in [2.24, 2.45) is 0 Å². The summed E-state index contributed by atoms with van der Waals surface area (Å²) in [4.78, 5) is 4.28. The van der Waals surface area contributed by atoms with Crippen molar-refractivity contribution in [3.8, 4) is 0 Å². The van der Waals surface area contributed by atoms with Crippen LogP contribution < -0.4 is 0 Å². The molecule has 2 rings (SSSR count). The Labute approximate surface area is 93.3 Å². The maximum absolute atomic E-state index is 4.28. The van der Waals surface area contributed by atoms with E-state index in [1.54, 1.807) is 23.1 Å². The van der Waals surface area contributed by atoms with Gasteiger partial charge in [-0.25, -0.2) is 4.98 Å². The monoisotopic (exact) mass is 271 g/mol. The van der Waals surface area contributed by atoms with Gasteiger partial charge in [0.2, 0.25) is 0 Å². The van der Waals surface area contributed by atoms with E-state index in [0.29, 0.717) is 0 Å². The van der Waals surface area contributed by atoms with Crippen LogP contribution in [0.15, 0.2) is 49.6 Å². The van der Waals surface area contributed by atoms with Crippen LogP contribution in [0, 0.1) is 0 Å². The molecule has 2 heterocycles. The van der Waals surface area contributed by atoms with Gasteiger partial charge in [-0.3, -0.25) is 0 Å². The van der Waals surface area contributed by atoms with Crippen molar-refractivity contribution >= 4 is 39.0 Å². The van der Waals surface area contributed by atoms with Crippen LogP contribution in [0.4, 0.5) is 0 Å². The fourth-order valence-corrected chi connectivity index (χ4v) is 2.74. The van der Waals surface area contributed by atoms with E-state index in [-0.39, 0.29) is 0 Å². The number of hydrogen-bond donors (Lipinski definition) is 0. The zero-order chi connectivity index (χ0) is 9.10. The van der Waals surface area contributed by atoms with Gasteiger partial charge in [0.05, 0.1) is 4.21 Å². The van der Waals surface area contributed by atoms with E-state index in [0.717, 1.165) is 9.50 Å². The molecule has 0 bridgehead atoms. The Morgan fingerprint density at radius 1 is 1.31 bits per heavy atom. The van der Waals surface area contributed by atoms with Crippen LogP contribution in [0.3, 0.4) is 0 Å². The maximum atomic E-state index is 4.28. The van der Waals surface area contributed by atoms with Crippen molar-refractivity contribution < 1.29 is 0 Å². The van der Waals surface area contributed by atoms with Gasteiger partial charge in [0.25, 0.3) is 0 Å². The van der Waals surface area contributed by atoms with Crippen LogP contribution in [0.1, 0.15) is 0 Å². The number of aromatic nitrogens is 1. The van der Waals surface area contributed by atoms with Crippen LogP contribution in [0.2, 0.25) is 0 Å². The van der Waals surface area contributed by atoms with E-state index in [9.17, 15) is 0 Å². The SMILES string of the molecule is Brc1ccc(Sc2cccs2)nc1. The molecule has 2 aromatic rings. The Hall–Kier alpha value is -0.320. The number of thiophene rings is 1. The lowest BCUT2D eigenvalue weighted by molar-refractivity contribution is 1.12. The minimum absolute atomic E-state index is 1.02. The summed E-state index contributed by atoms with van der Waals surface area (Å²) in [5.74, 6) is 0. The first-order valence-electron chi connectivity index (χ1n) is 3.67. The van der Waals surface area contributed by atoms with E-state index in [4.69, 9.17) is 0 Å². The molecule has 0 aliphatic rings. The lowest BCUT2D eigenvalue weighted by Crippen LogP contribution is -1.76. The molecule has 0 atom stereocenters. The Morgan fingerprint density at radius 2 is 2.23 bits per heavy atom. The van der Waals surface area contributed by atoms with Crippen LogP contribution >= 0.6 is 39.0 Å². The normalized spacial score (nSPS) is 10.2. The molecule has 0 aromatic carbocycles. The average Bonchev–Trinajstić information content (AvgIpc) is 2.62. The summed E-state index contributed by atoms with van der Waals surface area (Å²) in [7, 11) is 0. The summed E-state index contributed by atoms with van der Waals surface area (Å²) in [5.41, 5.74) is 0. The highest BCUT2D eigenvalue weighted by atomic mass is 79.9. The van der Waals surface area contributed by atoms with Gasteiger partial charge in [-0.2, -0.15) is 0 Å². The lowest BCUT2D eigenvalue weighted by Gasteiger charge is -1.96. The second kappa shape index (κ2) is 4.26. The van der Waals surface area contributed by atoms with Crippen molar-refractivity contribution in [1.82, 2.24) is 4.98 Å². The third-order valence-electron chi connectivity index (χ3n) is 1.40. The summed E-state index contributed by atoms with van der Waals surface area (Å²) in [6.45, 7) is 0. The highest BCUT2D eigenvalue weighted by molar-refractivity contribution is 9.10. The van der Waals surface area contributed by atoms with Gasteiger partial charge >= 0.3 is 0 Å². The summed E-state index contributed by atoms with van der Waals surface area (Å²) in [6, 6.07) is 8.16.